The highest BCUT2D eigenvalue weighted by molar-refractivity contribution is 7.93. The molecule has 0 radical (unpaired) electrons. The lowest BCUT2D eigenvalue weighted by molar-refractivity contribution is -0.137. The largest absolute Gasteiger partial charge is 0.461 e. The number of ether oxygens (including phenoxy) is 1. The fraction of sp³-hybridized carbons (Fsp3) is 0.143. The molecule has 0 aliphatic rings. The van der Waals surface area contributed by atoms with E-state index in [1.165, 1.54) is 29.7 Å². The van der Waals surface area contributed by atoms with Crippen molar-refractivity contribution in [2.24, 2.45) is 10.2 Å². The van der Waals surface area contributed by atoms with Gasteiger partial charge in [0.25, 0.3) is 10.0 Å². The van der Waals surface area contributed by atoms with Gasteiger partial charge in [-0.15, -0.1) is 11.3 Å². The van der Waals surface area contributed by atoms with Crippen LogP contribution in [-0.4, -0.2) is 39.6 Å². The Morgan fingerprint density at radius 2 is 1.78 bits per heavy atom. The van der Waals surface area contributed by atoms with Crippen LogP contribution >= 0.6 is 11.3 Å². The van der Waals surface area contributed by atoms with E-state index in [-0.39, 0.29) is 11.5 Å². The maximum Gasteiger partial charge on any atom is 0.330 e. The SMILES string of the molecule is C=CC(=O)OCCN(C)c1ccc(N=Nc2ccc(S(=O)(=O)Nc3nccs3)cc2)cc1. The van der Waals surface area contributed by atoms with Gasteiger partial charge in [0.1, 0.15) is 6.61 Å². The standard InChI is InChI=1S/C21H21N5O4S2/c1-3-20(27)30-14-13-26(2)18-8-4-16(5-9-18)23-24-17-6-10-19(11-7-17)32(28,29)25-21-22-12-15-31-21/h3-12,15H,1,13-14H2,2H3,(H,22,25). The van der Waals surface area contributed by atoms with E-state index >= 15 is 0 Å². The quantitative estimate of drug-likeness (QED) is 0.264. The first-order valence-corrected chi connectivity index (χ1v) is 11.8. The number of anilines is 2. The number of carbonyl (C=O) groups is 1. The van der Waals surface area contributed by atoms with Gasteiger partial charge in [-0.2, -0.15) is 10.2 Å². The van der Waals surface area contributed by atoms with E-state index in [4.69, 9.17) is 4.74 Å². The zero-order valence-electron chi connectivity index (χ0n) is 17.2. The topological polar surface area (TPSA) is 113 Å². The second kappa shape index (κ2) is 10.6. The summed E-state index contributed by atoms with van der Waals surface area (Å²) in [5.41, 5.74) is 2.09. The molecule has 32 heavy (non-hydrogen) atoms. The van der Waals surface area contributed by atoms with Crippen molar-refractivity contribution in [2.45, 2.75) is 4.90 Å². The Bertz CT molecular complexity index is 1180. The number of esters is 1. The van der Waals surface area contributed by atoms with Crippen LogP contribution in [0.2, 0.25) is 0 Å². The smallest absolute Gasteiger partial charge is 0.330 e. The number of hydrogen-bond donors (Lipinski definition) is 1. The Labute approximate surface area is 190 Å². The summed E-state index contributed by atoms with van der Waals surface area (Å²) in [6, 6.07) is 13.4. The molecule has 0 aliphatic carbocycles. The monoisotopic (exact) mass is 471 g/mol. The fourth-order valence-electron chi connectivity index (χ4n) is 2.50. The van der Waals surface area contributed by atoms with Gasteiger partial charge in [-0.1, -0.05) is 6.58 Å². The maximum atomic E-state index is 12.4. The lowest BCUT2D eigenvalue weighted by atomic mass is 10.2. The molecule has 3 rings (SSSR count). The summed E-state index contributed by atoms with van der Waals surface area (Å²) < 4.78 is 32.1. The van der Waals surface area contributed by atoms with Crippen LogP contribution in [-0.2, 0) is 19.6 Å². The predicted molar refractivity (Wildman–Crippen MR) is 124 cm³/mol. The Morgan fingerprint density at radius 1 is 1.16 bits per heavy atom. The van der Waals surface area contributed by atoms with Crippen LogP contribution in [0.1, 0.15) is 0 Å². The summed E-state index contributed by atoms with van der Waals surface area (Å²) in [4.78, 5) is 17.0. The molecule has 0 bridgehead atoms. The van der Waals surface area contributed by atoms with Crippen molar-refractivity contribution in [3.8, 4) is 0 Å². The Morgan fingerprint density at radius 3 is 2.34 bits per heavy atom. The molecule has 166 valence electrons. The van der Waals surface area contributed by atoms with Gasteiger partial charge in [0.2, 0.25) is 0 Å². The van der Waals surface area contributed by atoms with Crippen molar-refractivity contribution in [3.63, 3.8) is 0 Å². The molecule has 1 aromatic heterocycles. The number of nitrogens with one attached hydrogen (secondary N) is 1. The third kappa shape index (κ3) is 6.46. The number of sulfonamides is 1. The maximum absolute atomic E-state index is 12.4. The first-order valence-electron chi connectivity index (χ1n) is 9.42. The predicted octanol–water partition coefficient (Wildman–Crippen LogP) is 4.52. The van der Waals surface area contributed by atoms with Gasteiger partial charge in [-0.3, -0.25) is 4.72 Å². The molecule has 11 heteroatoms. The van der Waals surface area contributed by atoms with E-state index in [2.05, 4.69) is 26.5 Å². The van der Waals surface area contributed by atoms with Crippen molar-refractivity contribution < 1.29 is 17.9 Å². The number of carbonyl (C=O) groups excluding carboxylic acids is 1. The van der Waals surface area contributed by atoms with Crippen LogP contribution in [0.25, 0.3) is 0 Å². The summed E-state index contributed by atoms with van der Waals surface area (Å²) in [5.74, 6) is -0.449. The van der Waals surface area contributed by atoms with Crippen molar-refractivity contribution in [2.75, 3.05) is 29.8 Å². The van der Waals surface area contributed by atoms with Crippen LogP contribution in [0.4, 0.5) is 22.2 Å². The average molecular weight is 472 g/mol. The number of thiazole rings is 1. The highest BCUT2D eigenvalue weighted by Crippen LogP contribution is 2.24. The number of nitrogens with zero attached hydrogens (tertiary/aromatic N) is 4. The van der Waals surface area contributed by atoms with Gasteiger partial charge in [-0.05, 0) is 48.5 Å². The molecule has 1 heterocycles. The molecule has 0 fully saturated rings. The zero-order valence-corrected chi connectivity index (χ0v) is 18.8. The third-order valence-corrected chi connectivity index (χ3v) is 6.38. The second-order valence-electron chi connectivity index (χ2n) is 6.45. The van der Waals surface area contributed by atoms with Gasteiger partial charge in [0.05, 0.1) is 22.8 Å². The molecule has 0 saturated carbocycles. The zero-order chi connectivity index (χ0) is 23.0. The molecule has 9 nitrogen and oxygen atoms in total. The van der Waals surface area contributed by atoms with Crippen LogP contribution in [0.5, 0.6) is 0 Å². The first kappa shape index (κ1) is 23.1. The van der Waals surface area contributed by atoms with E-state index in [1.807, 2.05) is 36.2 Å². The van der Waals surface area contributed by atoms with Gasteiger partial charge < -0.3 is 9.64 Å². The minimum atomic E-state index is -3.70. The molecule has 0 amide bonds. The lowest BCUT2D eigenvalue weighted by Gasteiger charge is -2.18. The molecular weight excluding hydrogens is 450 g/mol. The minimum Gasteiger partial charge on any atom is -0.461 e. The number of aromatic nitrogens is 1. The fourth-order valence-corrected chi connectivity index (χ4v) is 4.29. The van der Waals surface area contributed by atoms with E-state index in [0.717, 1.165) is 11.8 Å². The highest BCUT2D eigenvalue weighted by Gasteiger charge is 2.15. The normalized spacial score (nSPS) is 11.3. The van der Waals surface area contributed by atoms with Gasteiger partial charge in [-0.25, -0.2) is 18.2 Å². The van der Waals surface area contributed by atoms with Gasteiger partial charge in [0.15, 0.2) is 5.13 Å². The summed E-state index contributed by atoms with van der Waals surface area (Å²) in [5, 5.41) is 10.3. The number of rotatable bonds is 10. The Hall–Kier alpha value is -3.57. The van der Waals surface area contributed by atoms with E-state index in [1.54, 1.807) is 17.5 Å². The average Bonchev–Trinajstić information content (AvgIpc) is 3.30. The van der Waals surface area contributed by atoms with Crippen molar-refractivity contribution >= 4 is 49.5 Å². The Kier molecular flexibility index (Phi) is 7.68. The molecule has 0 atom stereocenters. The summed E-state index contributed by atoms with van der Waals surface area (Å²) in [6.07, 6.45) is 2.66. The molecule has 0 saturated heterocycles. The third-order valence-electron chi connectivity index (χ3n) is 4.21. The number of azo groups is 1. The first-order chi connectivity index (χ1) is 15.4. The van der Waals surface area contributed by atoms with Crippen LogP contribution in [0.3, 0.4) is 0 Å². The molecule has 2 aromatic carbocycles. The molecule has 3 aromatic rings. The van der Waals surface area contributed by atoms with Crippen LogP contribution < -0.4 is 9.62 Å². The van der Waals surface area contributed by atoms with E-state index < -0.39 is 16.0 Å². The number of likely N-dealkylation sites (N-methyl/N-ethyl adjacent to an activating group) is 1. The minimum absolute atomic E-state index is 0.109. The summed E-state index contributed by atoms with van der Waals surface area (Å²) >= 11 is 1.20. The molecule has 0 aliphatic heterocycles. The van der Waals surface area contributed by atoms with Crippen molar-refractivity contribution in [3.05, 3.63) is 72.8 Å². The number of benzene rings is 2. The van der Waals surface area contributed by atoms with E-state index in [9.17, 15) is 13.2 Å². The number of hydrogen-bond acceptors (Lipinski definition) is 9. The van der Waals surface area contributed by atoms with Gasteiger partial charge >= 0.3 is 5.97 Å². The highest BCUT2D eigenvalue weighted by atomic mass is 32.2. The molecule has 0 unspecified atom stereocenters. The molecule has 0 spiro atoms. The van der Waals surface area contributed by atoms with E-state index in [0.29, 0.717) is 23.1 Å². The Balaban J connectivity index is 1.58. The van der Waals surface area contributed by atoms with Crippen molar-refractivity contribution in [1.82, 2.24) is 4.98 Å². The summed E-state index contributed by atoms with van der Waals surface area (Å²) in [6.45, 7) is 4.15. The molecule has 1 N–H and O–H groups in total. The van der Waals surface area contributed by atoms with Crippen molar-refractivity contribution in [1.29, 1.82) is 0 Å². The van der Waals surface area contributed by atoms with Crippen LogP contribution in [0, 0.1) is 0 Å². The summed E-state index contributed by atoms with van der Waals surface area (Å²) in [7, 11) is -1.82. The van der Waals surface area contributed by atoms with Crippen LogP contribution in [0.15, 0.2) is 87.9 Å². The molecular formula is C21H21N5O4S2. The van der Waals surface area contributed by atoms with Gasteiger partial charge in [0, 0.05) is 30.4 Å². The second-order valence-corrected chi connectivity index (χ2v) is 9.02. The lowest BCUT2D eigenvalue weighted by Crippen LogP contribution is -2.23.